The van der Waals surface area contributed by atoms with Crippen LogP contribution in [0.25, 0.3) is 83.8 Å². The molecule has 0 unspecified atom stereocenters. The SMILES string of the molecule is c1ccc(-c2ccc(-c3ccccc3)n2-c2ccc(-c3nc4ccccc4o3)c3c2-c2cccc4cccc-3c24)cc1. The summed E-state index contributed by atoms with van der Waals surface area (Å²) in [6.45, 7) is 0. The second-order valence-electron chi connectivity index (χ2n) is 10.7. The number of aromatic nitrogens is 2. The number of hydrogen-bond acceptors (Lipinski definition) is 2. The number of fused-ring (bicyclic) bond motifs is 4. The summed E-state index contributed by atoms with van der Waals surface area (Å²) in [5, 5.41) is 2.50. The lowest BCUT2D eigenvalue weighted by Crippen LogP contribution is -2.02. The zero-order valence-corrected chi connectivity index (χ0v) is 22.7. The zero-order chi connectivity index (χ0) is 27.6. The lowest BCUT2D eigenvalue weighted by Gasteiger charge is -2.20. The summed E-state index contributed by atoms with van der Waals surface area (Å²) in [4.78, 5) is 4.94. The van der Waals surface area contributed by atoms with Gasteiger partial charge in [-0.25, -0.2) is 4.98 Å². The summed E-state index contributed by atoms with van der Waals surface area (Å²) < 4.78 is 8.79. The van der Waals surface area contributed by atoms with E-state index < -0.39 is 0 Å². The maximum absolute atomic E-state index is 6.37. The summed E-state index contributed by atoms with van der Waals surface area (Å²) in [6.07, 6.45) is 0. The van der Waals surface area contributed by atoms with Gasteiger partial charge in [0.05, 0.1) is 17.1 Å². The van der Waals surface area contributed by atoms with Crippen LogP contribution >= 0.6 is 0 Å². The van der Waals surface area contributed by atoms with Gasteiger partial charge in [0.15, 0.2) is 5.58 Å². The van der Waals surface area contributed by atoms with Crippen LogP contribution in [0.15, 0.2) is 150 Å². The van der Waals surface area contributed by atoms with Crippen LogP contribution in [0.1, 0.15) is 0 Å². The predicted octanol–water partition coefficient (Wildman–Crippen LogP) is 10.4. The first-order valence-corrected chi connectivity index (χ1v) is 14.2. The highest BCUT2D eigenvalue weighted by atomic mass is 16.3. The van der Waals surface area contributed by atoms with Crippen molar-refractivity contribution >= 4 is 21.9 Å². The Morgan fingerprint density at radius 1 is 0.476 bits per heavy atom. The molecule has 6 aromatic carbocycles. The lowest BCUT2D eigenvalue weighted by atomic mass is 9.95. The third-order valence-corrected chi connectivity index (χ3v) is 8.41. The van der Waals surface area contributed by atoms with E-state index in [1.807, 2.05) is 24.3 Å². The molecular weight excluding hydrogens is 512 g/mol. The van der Waals surface area contributed by atoms with Crippen LogP contribution in [0.4, 0.5) is 0 Å². The van der Waals surface area contributed by atoms with E-state index in [1.165, 1.54) is 38.6 Å². The summed E-state index contributed by atoms with van der Waals surface area (Å²) in [6, 6.07) is 51.4. The van der Waals surface area contributed by atoms with E-state index in [9.17, 15) is 0 Å². The van der Waals surface area contributed by atoms with Crippen LogP contribution in [0, 0.1) is 0 Å². The van der Waals surface area contributed by atoms with Crippen LogP contribution in [-0.2, 0) is 0 Å². The molecule has 3 heteroatoms. The first-order chi connectivity index (χ1) is 20.8. The first kappa shape index (κ1) is 23.1. The van der Waals surface area contributed by atoms with Crippen molar-refractivity contribution in [3.8, 4) is 61.9 Å². The predicted molar refractivity (Wildman–Crippen MR) is 172 cm³/mol. The Balaban J connectivity index is 1.40. The average Bonchev–Trinajstić information content (AvgIpc) is 3.77. The van der Waals surface area contributed by atoms with Gasteiger partial charge >= 0.3 is 0 Å². The van der Waals surface area contributed by atoms with Crippen LogP contribution in [-0.4, -0.2) is 9.55 Å². The molecule has 9 rings (SSSR count). The molecule has 0 fully saturated rings. The quantitative estimate of drug-likeness (QED) is 0.224. The molecule has 8 aromatic rings. The molecule has 196 valence electrons. The Morgan fingerprint density at radius 3 is 1.76 bits per heavy atom. The number of hydrogen-bond donors (Lipinski definition) is 0. The average molecular weight is 537 g/mol. The number of para-hydroxylation sites is 2. The van der Waals surface area contributed by atoms with E-state index in [1.54, 1.807) is 0 Å². The first-order valence-electron chi connectivity index (χ1n) is 14.2. The molecule has 1 aliphatic rings. The summed E-state index contributed by atoms with van der Waals surface area (Å²) in [5.41, 5.74) is 13.2. The summed E-state index contributed by atoms with van der Waals surface area (Å²) >= 11 is 0. The molecule has 3 nitrogen and oxygen atoms in total. The minimum Gasteiger partial charge on any atom is -0.436 e. The maximum atomic E-state index is 6.37. The molecule has 2 aromatic heterocycles. The Morgan fingerprint density at radius 2 is 1.10 bits per heavy atom. The van der Waals surface area contributed by atoms with E-state index >= 15 is 0 Å². The third-order valence-electron chi connectivity index (χ3n) is 8.41. The molecule has 42 heavy (non-hydrogen) atoms. The fourth-order valence-electron chi connectivity index (χ4n) is 6.62. The van der Waals surface area contributed by atoms with Gasteiger partial charge in [-0.2, -0.15) is 0 Å². The fraction of sp³-hybridized carbons (Fsp3) is 0. The van der Waals surface area contributed by atoms with Crippen LogP contribution in [0.2, 0.25) is 0 Å². The third kappa shape index (κ3) is 3.31. The van der Waals surface area contributed by atoms with Crippen LogP contribution < -0.4 is 0 Å². The Kier molecular flexibility index (Phi) is 4.90. The molecule has 0 saturated carbocycles. The van der Waals surface area contributed by atoms with Crippen molar-refractivity contribution in [1.82, 2.24) is 9.55 Å². The molecule has 2 heterocycles. The van der Waals surface area contributed by atoms with Gasteiger partial charge in [0.2, 0.25) is 5.89 Å². The normalized spacial score (nSPS) is 11.8. The van der Waals surface area contributed by atoms with Crippen molar-refractivity contribution in [2.24, 2.45) is 0 Å². The highest BCUT2D eigenvalue weighted by molar-refractivity contribution is 6.19. The number of oxazole rings is 1. The van der Waals surface area contributed by atoms with Gasteiger partial charge in [0.25, 0.3) is 0 Å². The lowest BCUT2D eigenvalue weighted by molar-refractivity contribution is 0.620. The van der Waals surface area contributed by atoms with Gasteiger partial charge in [0, 0.05) is 16.7 Å². The van der Waals surface area contributed by atoms with Crippen molar-refractivity contribution in [3.05, 3.63) is 146 Å². The molecule has 0 saturated heterocycles. The number of rotatable bonds is 4. The van der Waals surface area contributed by atoms with Crippen molar-refractivity contribution in [3.63, 3.8) is 0 Å². The number of benzene rings is 6. The van der Waals surface area contributed by atoms with E-state index in [4.69, 9.17) is 9.40 Å². The van der Waals surface area contributed by atoms with E-state index in [0.29, 0.717) is 5.89 Å². The molecule has 0 atom stereocenters. The number of nitrogens with zero attached hydrogens (tertiary/aromatic N) is 2. The van der Waals surface area contributed by atoms with Gasteiger partial charge in [-0.3, -0.25) is 0 Å². The second kappa shape index (κ2) is 8.92. The van der Waals surface area contributed by atoms with E-state index in [0.717, 1.165) is 39.3 Å². The van der Waals surface area contributed by atoms with Crippen molar-refractivity contribution < 1.29 is 4.42 Å². The van der Waals surface area contributed by atoms with E-state index in [2.05, 4.69) is 126 Å². The summed E-state index contributed by atoms with van der Waals surface area (Å²) in [5.74, 6) is 0.642. The van der Waals surface area contributed by atoms with Crippen LogP contribution in [0.3, 0.4) is 0 Å². The molecule has 0 aliphatic heterocycles. The Bertz CT molecular complexity index is 2200. The van der Waals surface area contributed by atoms with Gasteiger partial charge in [0.1, 0.15) is 5.52 Å². The van der Waals surface area contributed by atoms with Gasteiger partial charge in [-0.05, 0) is 69.4 Å². The molecule has 0 N–H and O–H groups in total. The molecular formula is C39H24N2O. The highest BCUT2D eigenvalue weighted by Gasteiger charge is 2.30. The largest absolute Gasteiger partial charge is 0.436 e. The monoisotopic (exact) mass is 536 g/mol. The molecule has 0 amide bonds. The molecule has 1 aliphatic carbocycles. The van der Waals surface area contributed by atoms with Crippen molar-refractivity contribution in [1.29, 1.82) is 0 Å². The Hall–Kier alpha value is -5.67. The molecule has 0 spiro atoms. The molecule has 0 bridgehead atoms. The minimum atomic E-state index is 0.642. The van der Waals surface area contributed by atoms with Crippen molar-refractivity contribution in [2.75, 3.05) is 0 Å². The van der Waals surface area contributed by atoms with Crippen LogP contribution in [0.5, 0.6) is 0 Å². The summed E-state index contributed by atoms with van der Waals surface area (Å²) in [7, 11) is 0. The van der Waals surface area contributed by atoms with E-state index in [-0.39, 0.29) is 0 Å². The second-order valence-corrected chi connectivity index (χ2v) is 10.7. The van der Waals surface area contributed by atoms with Gasteiger partial charge in [-0.1, -0.05) is 109 Å². The fourth-order valence-corrected chi connectivity index (χ4v) is 6.62. The topological polar surface area (TPSA) is 31.0 Å². The minimum absolute atomic E-state index is 0.642. The highest BCUT2D eigenvalue weighted by Crippen LogP contribution is 2.54. The Labute approximate surface area is 243 Å². The maximum Gasteiger partial charge on any atom is 0.227 e. The van der Waals surface area contributed by atoms with Gasteiger partial charge < -0.3 is 8.98 Å². The standard InChI is InChI=1S/C39H24N2O/c1-3-11-25(12-4-1)32-23-24-33(26-13-5-2-6-14-26)41(32)34-22-21-30(39-40-31-19-7-8-20-35(31)42-39)37-28-17-9-15-27-16-10-18-29(36(27)28)38(34)37/h1-24H. The molecule has 0 radical (unpaired) electrons. The van der Waals surface area contributed by atoms with Crippen molar-refractivity contribution in [2.45, 2.75) is 0 Å². The van der Waals surface area contributed by atoms with Gasteiger partial charge in [-0.15, -0.1) is 0 Å². The smallest absolute Gasteiger partial charge is 0.227 e. The zero-order valence-electron chi connectivity index (χ0n) is 22.7.